The lowest BCUT2D eigenvalue weighted by molar-refractivity contribution is -0.128. The second-order valence-corrected chi connectivity index (χ2v) is 4.85. The summed E-state index contributed by atoms with van der Waals surface area (Å²) in [5.41, 5.74) is -0.490. The van der Waals surface area contributed by atoms with E-state index in [1.165, 1.54) is 0 Å². The van der Waals surface area contributed by atoms with E-state index < -0.39 is 5.41 Å². The summed E-state index contributed by atoms with van der Waals surface area (Å²) in [4.78, 5) is 11.6. The number of hydrogen-bond acceptors (Lipinski definition) is 3. The number of amides is 1. The van der Waals surface area contributed by atoms with Crippen molar-refractivity contribution >= 4 is 17.5 Å². The van der Waals surface area contributed by atoms with Crippen molar-refractivity contribution in [3.05, 3.63) is 0 Å². The second kappa shape index (κ2) is 9.68. The Labute approximate surface area is 109 Å². The van der Waals surface area contributed by atoms with E-state index in [-0.39, 0.29) is 5.91 Å². The van der Waals surface area contributed by atoms with Gasteiger partial charge in [-0.25, -0.2) is 0 Å². The molecule has 0 unspecified atom stereocenters. The summed E-state index contributed by atoms with van der Waals surface area (Å²) in [5.74, 6) is 0.340. The number of halogens is 1. The summed E-state index contributed by atoms with van der Waals surface area (Å²) in [6.07, 6.45) is 1.85. The van der Waals surface area contributed by atoms with Gasteiger partial charge in [-0.05, 0) is 26.7 Å². The molecule has 0 rings (SSSR count). The number of alkyl halides is 1. The Morgan fingerprint density at radius 2 is 1.94 bits per heavy atom. The van der Waals surface area contributed by atoms with Gasteiger partial charge in [0.05, 0.1) is 18.6 Å². The van der Waals surface area contributed by atoms with Crippen LogP contribution in [0.5, 0.6) is 0 Å². The summed E-state index contributed by atoms with van der Waals surface area (Å²) in [7, 11) is 1.65. The standard InChI is InChI=1S/C12H24ClNO3/c1-12(2,10-13)11(15)14-6-4-5-7-17-9-8-16-3/h4-10H2,1-3H3,(H,14,15). The predicted molar refractivity (Wildman–Crippen MR) is 69.4 cm³/mol. The number of nitrogens with one attached hydrogen (secondary N) is 1. The largest absolute Gasteiger partial charge is 0.382 e. The van der Waals surface area contributed by atoms with Crippen LogP contribution < -0.4 is 5.32 Å². The molecule has 0 aliphatic carbocycles. The number of rotatable bonds is 10. The quantitative estimate of drug-likeness (QED) is 0.484. The van der Waals surface area contributed by atoms with Crippen molar-refractivity contribution in [2.45, 2.75) is 26.7 Å². The molecule has 0 fully saturated rings. The van der Waals surface area contributed by atoms with E-state index >= 15 is 0 Å². The van der Waals surface area contributed by atoms with Crippen molar-refractivity contribution in [2.24, 2.45) is 5.41 Å². The molecule has 0 aliphatic rings. The third kappa shape index (κ3) is 8.41. The van der Waals surface area contributed by atoms with E-state index in [0.29, 0.717) is 32.2 Å². The molecule has 1 N–H and O–H groups in total. The maximum absolute atomic E-state index is 11.6. The van der Waals surface area contributed by atoms with Crippen LogP contribution in [0.25, 0.3) is 0 Å². The van der Waals surface area contributed by atoms with Crippen LogP contribution in [0, 0.1) is 5.41 Å². The molecule has 4 nitrogen and oxygen atoms in total. The maximum atomic E-state index is 11.6. The number of carbonyl (C=O) groups is 1. The van der Waals surface area contributed by atoms with E-state index in [4.69, 9.17) is 21.1 Å². The lowest BCUT2D eigenvalue weighted by Gasteiger charge is -2.20. The van der Waals surface area contributed by atoms with Gasteiger partial charge in [0, 0.05) is 26.1 Å². The molecule has 0 bridgehead atoms. The van der Waals surface area contributed by atoms with E-state index in [2.05, 4.69) is 5.32 Å². The van der Waals surface area contributed by atoms with Gasteiger partial charge in [-0.3, -0.25) is 4.79 Å². The molecule has 102 valence electrons. The highest BCUT2D eigenvalue weighted by atomic mass is 35.5. The van der Waals surface area contributed by atoms with Crippen LogP contribution >= 0.6 is 11.6 Å². The Balaban J connectivity index is 3.37. The lowest BCUT2D eigenvalue weighted by Crippen LogP contribution is -2.38. The zero-order chi connectivity index (χ0) is 13.1. The Bertz CT molecular complexity index is 210. The summed E-state index contributed by atoms with van der Waals surface area (Å²) < 4.78 is 10.2. The molecule has 0 saturated heterocycles. The minimum atomic E-state index is -0.490. The third-order valence-electron chi connectivity index (χ3n) is 2.38. The summed E-state index contributed by atoms with van der Waals surface area (Å²) in [6.45, 7) is 6.31. The number of unbranched alkanes of at least 4 members (excludes halogenated alkanes) is 1. The molecule has 0 heterocycles. The van der Waals surface area contributed by atoms with Crippen LogP contribution in [0.2, 0.25) is 0 Å². The summed E-state index contributed by atoms with van der Waals surface area (Å²) in [5, 5.41) is 2.87. The van der Waals surface area contributed by atoms with Gasteiger partial charge < -0.3 is 14.8 Å². The van der Waals surface area contributed by atoms with E-state index in [1.807, 2.05) is 13.8 Å². The molecule has 0 atom stereocenters. The molecule has 0 aromatic heterocycles. The molecule has 17 heavy (non-hydrogen) atoms. The molecular weight excluding hydrogens is 242 g/mol. The average Bonchev–Trinajstić information content (AvgIpc) is 2.32. The third-order valence-corrected chi connectivity index (χ3v) is 3.05. The van der Waals surface area contributed by atoms with Gasteiger partial charge in [-0.15, -0.1) is 11.6 Å². The molecular formula is C12H24ClNO3. The van der Waals surface area contributed by atoms with Crippen molar-refractivity contribution in [3.8, 4) is 0 Å². The molecule has 0 aromatic carbocycles. The van der Waals surface area contributed by atoms with Gasteiger partial charge in [0.15, 0.2) is 0 Å². The Morgan fingerprint density at radius 1 is 1.24 bits per heavy atom. The molecule has 0 saturated carbocycles. The van der Waals surface area contributed by atoms with Crippen molar-refractivity contribution in [2.75, 3.05) is 39.4 Å². The van der Waals surface area contributed by atoms with Crippen molar-refractivity contribution in [1.82, 2.24) is 5.32 Å². The van der Waals surface area contributed by atoms with Crippen LogP contribution in [0.4, 0.5) is 0 Å². The zero-order valence-electron chi connectivity index (χ0n) is 11.1. The summed E-state index contributed by atoms with van der Waals surface area (Å²) in [6, 6.07) is 0. The fraction of sp³-hybridized carbons (Fsp3) is 0.917. The van der Waals surface area contributed by atoms with Crippen molar-refractivity contribution < 1.29 is 14.3 Å². The monoisotopic (exact) mass is 265 g/mol. The van der Waals surface area contributed by atoms with Crippen LogP contribution in [-0.4, -0.2) is 45.3 Å². The molecule has 5 heteroatoms. The number of hydrogen-bond donors (Lipinski definition) is 1. The molecule has 0 aliphatic heterocycles. The second-order valence-electron chi connectivity index (χ2n) is 4.59. The number of ether oxygens (including phenoxy) is 2. The lowest BCUT2D eigenvalue weighted by atomic mass is 9.95. The van der Waals surface area contributed by atoms with Crippen LogP contribution in [0.15, 0.2) is 0 Å². The SMILES string of the molecule is COCCOCCCCNC(=O)C(C)(C)CCl. The van der Waals surface area contributed by atoms with Gasteiger partial charge in [0.1, 0.15) is 0 Å². The fourth-order valence-electron chi connectivity index (χ4n) is 1.08. The van der Waals surface area contributed by atoms with Crippen LogP contribution in [-0.2, 0) is 14.3 Å². The predicted octanol–water partition coefficient (Wildman–Crippen LogP) is 1.81. The van der Waals surface area contributed by atoms with Gasteiger partial charge >= 0.3 is 0 Å². The topological polar surface area (TPSA) is 47.6 Å². The number of carbonyl (C=O) groups excluding carboxylic acids is 1. The normalized spacial score (nSPS) is 11.5. The first-order valence-corrected chi connectivity index (χ1v) is 6.49. The highest BCUT2D eigenvalue weighted by Crippen LogP contribution is 2.16. The highest BCUT2D eigenvalue weighted by Gasteiger charge is 2.25. The molecule has 0 radical (unpaired) electrons. The van der Waals surface area contributed by atoms with Gasteiger partial charge in [0.2, 0.25) is 5.91 Å². The van der Waals surface area contributed by atoms with Crippen molar-refractivity contribution in [1.29, 1.82) is 0 Å². The van der Waals surface area contributed by atoms with E-state index in [1.54, 1.807) is 7.11 Å². The van der Waals surface area contributed by atoms with Crippen LogP contribution in [0.1, 0.15) is 26.7 Å². The first-order valence-electron chi connectivity index (χ1n) is 5.95. The van der Waals surface area contributed by atoms with Gasteiger partial charge in [0.25, 0.3) is 0 Å². The average molecular weight is 266 g/mol. The first kappa shape index (κ1) is 16.7. The Morgan fingerprint density at radius 3 is 2.53 bits per heavy atom. The maximum Gasteiger partial charge on any atom is 0.226 e. The van der Waals surface area contributed by atoms with Crippen molar-refractivity contribution in [3.63, 3.8) is 0 Å². The number of methoxy groups -OCH3 is 1. The summed E-state index contributed by atoms with van der Waals surface area (Å²) >= 11 is 5.71. The smallest absolute Gasteiger partial charge is 0.226 e. The fourth-order valence-corrected chi connectivity index (χ4v) is 1.20. The van der Waals surface area contributed by atoms with E-state index in [0.717, 1.165) is 12.8 Å². The zero-order valence-corrected chi connectivity index (χ0v) is 11.8. The Hall–Kier alpha value is -0.320. The highest BCUT2D eigenvalue weighted by molar-refractivity contribution is 6.19. The first-order chi connectivity index (χ1) is 8.04. The molecule has 0 aromatic rings. The minimum Gasteiger partial charge on any atom is -0.382 e. The van der Waals surface area contributed by atoms with Crippen LogP contribution in [0.3, 0.4) is 0 Å². The molecule has 1 amide bonds. The van der Waals surface area contributed by atoms with E-state index in [9.17, 15) is 4.79 Å². The van der Waals surface area contributed by atoms with Gasteiger partial charge in [-0.1, -0.05) is 0 Å². The minimum absolute atomic E-state index is 0.00722. The van der Waals surface area contributed by atoms with Gasteiger partial charge in [-0.2, -0.15) is 0 Å². The Kier molecular flexibility index (Phi) is 9.50. The molecule has 0 spiro atoms.